The topological polar surface area (TPSA) is 41.4 Å². The minimum atomic E-state index is 0.241. The van der Waals surface area contributed by atoms with Crippen LogP contribution in [-0.4, -0.2) is 50.7 Å². The lowest BCUT2D eigenvalue weighted by atomic mass is 10.1. The minimum absolute atomic E-state index is 0.241. The molecule has 1 aromatic heterocycles. The number of amides is 1. The molecular formula is C17H28N4O. The van der Waals surface area contributed by atoms with Crippen LogP contribution < -0.4 is 0 Å². The summed E-state index contributed by atoms with van der Waals surface area (Å²) in [6.45, 7) is 6.89. The van der Waals surface area contributed by atoms with Gasteiger partial charge in [0.1, 0.15) is 0 Å². The molecule has 2 aliphatic rings. The Kier molecular flexibility index (Phi) is 4.52. The lowest BCUT2D eigenvalue weighted by Crippen LogP contribution is -2.43. The fourth-order valence-corrected chi connectivity index (χ4v) is 3.69. The molecule has 1 aromatic rings. The summed E-state index contributed by atoms with van der Waals surface area (Å²) >= 11 is 0. The van der Waals surface area contributed by atoms with Crippen molar-refractivity contribution in [1.82, 2.24) is 19.6 Å². The van der Waals surface area contributed by atoms with Gasteiger partial charge in [-0.25, -0.2) is 0 Å². The summed E-state index contributed by atoms with van der Waals surface area (Å²) in [5.74, 6) is 0.241. The molecule has 0 unspecified atom stereocenters. The first-order chi connectivity index (χ1) is 10.6. The second-order valence-electron chi connectivity index (χ2n) is 6.80. The van der Waals surface area contributed by atoms with Crippen molar-refractivity contribution < 1.29 is 4.79 Å². The molecule has 1 atom stereocenters. The second-order valence-corrected chi connectivity index (χ2v) is 6.80. The quantitative estimate of drug-likeness (QED) is 0.807. The van der Waals surface area contributed by atoms with Gasteiger partial charge in [0.05, 0.1) is 5.69 Å². The van der Waals surface area contributed by atoms with Gasteiger partial charge in [0.15, 0.2) is 0 Å². The third-order valence-electron chi connectivity index (χ3n) is 5.00. The highest BCUT2D eigenvalue weighted by atomic mass is 16.2. The third-order valence-corrected chi connectivity index (χ3v) is 5.00. The first kappa shape index (κ1) is 15.5. The predicted molar refractivity (Wildman–Crippen MR) is 86.4 cm³/mol. The van der Waals surface area contributed by atoms with Crippen molar-refractivity contribution in [2.45, 2.75) is 64.6 Å². The Hall–Kier alpha value is -1.36. The number of hydrogen-bond donors (Lipinski definition) is 0. The molecule has 0 bridgehead atoms. The van der Waals surface area contributed by atoms with E-state index < -0.39 is 0 Å². The fraction of sp³-hybridized carbons (Fsp3) is 0.765. The van der Waals surface area contributed by atoms with E-state index in [1.807, 2.05) is 11.7 Å². The molecule has 0 spiro atoms. The summed E-state index contributed by atoms with van der Waals surface area (Å²) in [4.78, 5) is 16.5. The van der Waals surface area contributed by atoms with Crippen LogP contribution in [0, 0.1) is 0 Å². The van der Waals surface area contributed by atoms with Crippen LogP contribution in [0.4, 0.5) is 0 Å². The number of aromatic nitrogens is 2. The van der Waals surface area contributed by atoms with Crippen LogP contribution in [0.15, 0.2) is 6.20 Å². The molecule has 22 heavy (non-hydrogen) atoms. The number of hydrogen-bond acceptors (Lipinski definition) is 3. The van der Waals surface area contributed by atoms with Crippen LogP contribution in [0.2, 0.25) is 0 Å². The first-order valence-electron chi connectivity index (χ1n) is 8.61. The average Bonchev–Trinajstić information content (AvgIpc) is 3.12. The van der Waals surface area contributed by atoms with E-state index in [0.29, 0.717) is 12.1 Å². The highest BCUT2D eigenvalue weighted by molar-refractivity contribution is 5.74. The summed E-state index contributed by atoms with van der Waals surface area (Å²) < 4.78 is 1.92. The summed E-state index contributed by atoms with van der Waals surface area (Å²) in [5.41, 5.74) is 2.55. The minimum Gasteiger partial charge on any atom is -0.338 e. The molecule has 1 saturated carbocycles. The highest BCUT2D eigenvalue weighted by Crippen LogP contribution is 2.30. The van der Waals surface area contributed by atoms with Gasteiger partial charge in [0.2, 0.25) is 5.91 Å². The van der Waals surface area contributed by atoms with Crippen LogP contribution in [0.1, 0.15) is 50.8 Å². The van der Waals surface area contributed by atoms with E-state index in [0.717, 1.165) is 26.1 Å². The first-order valence-corrected chi connectivity index (χ1v) is 8.61. The van der Waals surface area contributed by atoms with Gasteiger partial charge in [-0.3, -0.25) is 14.4 Å². The molecule has 122 valence electrons. The largest absolute Gasteiger partial charge is 0.338 e. The number of rotatable bonds is 6. The maximum absolute atomic E-state index is 11.9. The van der Waals surface area contributed by atoms with Gasteiger partial charge in [-0.05, 0) is 38.6 Å². The summed E-state index contributed by atoms with van der Waals surface area (Å²) in [5, 5.41) is 4.55. The number of likely N-dealkylation sites (tertiary alicyclic amines) is 1. The fourth-order valence-electron chi connectivity index (χ4n) is 3.69. The average molecular weight is 304 g/mol. The van der Waals surface area contributed by atoms with E-state index in [2.05, 4.69) is 28.0 Å². The summed E-state index contributed by atoms with van der Waals surface area (Å²) in [6.07, 6.45) is 7.96. The Balaban J connectivity index is 1.66. The molecule has 1 aliphatic carbocycles. The Morgan fingerprint density at radius 2 is 2.18 bits per heavy atom. The molecule has 5 nitrogen and oxygen atoms in total. The maximum Gasteiger partial charge on any atom is 0.219 e. The van der Waals surface area contributed by atoms with Crippen molar-refractivity contribution in [2.75, 3.05) is 13.1 Å². The zero-order chi connectivity index (χ0) is 15.7. The van der Waals surface area contributed by atoms with Gasteiger partial charge in [-0.1, -0.05) is 6.92 Å². The molecule has 0 radical (unpaired) electrons. The molecule has 2 fully saturated rings. The number of carbonyl (C=O) groups is 1. The monoisotopic (exact) mass is 304 g/mol. The lowest BCUT2D eigenvalue weighted by molar-refractivity contribution is -0.130. The van der Waals surface area contributed by atoms with Gasteiger partial charge in [0.25, 0.3) is 0 Å². The molecule has 1 amide bonds. The second kappa shape index (κ2) is 6.41. The number of aryl methyl sites for hydroxylation is 2. The Morgan fingerprint density at radius 1 is 1.41 bits per heavy atom. The SMILES string of the molecule is CCc1nn(C)cc1CN1CCC[C@@H]1CN(C(C)=O)C1CC1. The summed E-state index contributed by atoms with van der Waals surface area (Å²) in [6, 6.07) is 1.03. The molecule has 3 rings (SSSR count). The molecule has 0 aromatic carbocycles. The van der Waals surface area contributed by atoms with Crippen molar-refractivity contribution in [3.05, 3.63) is 17.5 Å². The van der Waals surface area contributed by atoms with Crippen LogP contribution in [0.3, 0.4) is 0 Å². The van der Waals surface area contributed by atoms with E-state index in [9.17, 15) is 4.79 Å². The van der Waals surface area contributed by atoms with E-state index in [4.69, 9.17) is 0 Å². The molecule has 0 N–H and O–H groups in total. The molecule has 5 heteroatoms. The van der Waals surface area contributed by atoms with Crippen molar-refractivity contribution in [3.63, 3.8) is 0 Å². The third kappa shape index (κ3) is 3.35. The smallest absolute Gasteiger partial charge is 0.219 e. The number of nitrogens with zero attached hydrogens (tertiary/aromatic N) is 4. The van der Waals surface area contributed by atoms with Crippen molar-refractivity contribution >= 4 is 5.91 Å². The van der Waals surface area contributed by atoms with Crippen molar-refractivity contribution in [2.24, 2.45) is 7.05 Å². The normalized spacial score (nSPS) is 22.2. The van der Waals surface area contributed by atoms with Gasteiger partial charge in [-0.15, -0.1) is 0 Å². The zero-order valence-corrected chi connectivity index (χ0v) is 14.1. The predicted octanol–water partition coefficient (Wildman–Crippen LogP) is 1.96. The Morgan fingerprint density at radius 3 is 2.82 bits per heavy atom. The highest BCUT2D eigenvalue weighted by Gasteiger charge is 2.35. The molecule has 1 saturated heterocycles. The molecular weight excluding hydrogens is 276 g/mol. The van der Waals surface area contributed by atoms with Gasteiger partial charge in [-0.2, -0.15) is 5.10 Å². The van der Waals surface area contributed by atoms with Gasteiger partial charge in [0, 0.05) is 50.9 Å². The van der Waals surface area contributed by atoms with Crippen LogP contribution in [0.5, 0.6) is 0 Å². The zero-order valence-electron chi connectivity index (χ0n) is 14.1. The van der Waals surface area contributed by atoms with Gasteiger partial charge >= 0.3 is 0 Å². The van der Waals surface area contributed by atoms with E-state index >= 15 is 0 Å². The van der Waals surface area contributed by atoms with E-state index in [1.165, 1.54) is 36.9 Å². The van der Waals surface area contributed by atoms with Gasteiger partial charge < -0.3 is 4.90 Å². The maximum atomic E-state index is 11.9. The lowest BCUT2D eigenvalue weighted by Gasteiger charge is -2.30. The Bertz CT molecular complexity index is 535. The number of carbonyl (C=O) groups excluding carboxylic acids is 1. The Labute approximate surface area is 133 Å². The molecule has 1 aliphatic heterocycles. The van der Waals surface area contributed by atoms with Crippen LogP contribution in [0.25, 0.3) is 0 Å². The van der Waals surface area contributed by atoms with Crippen molar-refractivity contribution in [3.8, 4) is 0 Å². The molecule has 2 heterocycles. The van der Waals surface area contributed by atoms with Crippen LogP contribution in [-0.2, 0) is 24.8 Å². The van der Waals surface area contributed by atoms with E-state index in [1.54, 1.807) is 6.92 Å². The van der Waals surface area contributed by atoms with Crippen LogP contribution >= 0.6 is 0 Å². The standard InChI is InChI=1S/C17H28N4O/c1-4-17-14(10-19(3)18-17)11-20-9-5-6-16(20)12-21(13(2)22)15-7-8-15/h10,15-16H,4-9,11-12H2,1-3H3/t16-/m1/s1. The van der Waals surface area contributed by atoms with Crippen molar-refractivity contribution in [1.29, 1.82) is 0 Å². The van der Waals surface area contributed by atoms with E-state index in [-0.39, 0.29) is 5.91 Å². The summed E-state index contributed by atoms with van der Waals surface area (Å²) in [7, 11) is 1.99.